The largest absolute Gasteiger partial charge is 0.496 e. The van der Waals surface area contributed by atoms with Gasteiger partial charge in [0, 0.05) is 6.20 Å². The molecule has 0 aliphatic heterocycles. The minimum absolute atomic E-state index is 0.148. The van der Waals surface area contributed by atoms with E-state index in [4.69, 9.17) is 4.74 Å². The lowest BCUT2D eigenvalue weighted by molar-refractivity contribution is 0.370. The van der Waals surface area contributed by atoms with Crippen LogP contribution < -0.4 is 5.56 Å². The van der Waals surface area contributed by atoms with E-state index in [1.807, 2.05) is 0 Å². The third-order valence-corrected chi connectivity index (χ3v) is 2.65. The van der Waals surface area contributed by atoms with Crippen LogP contribution >= 0.6 is 0 Å². The predicted octanol–water partition coefficient (Wildman–Crippen LogP) is 1.90. The van der Waals surface area contributed by atoms with Gasteiger partial charge in [0.15, 0.2) is 5.82 Å². The topological polar surface area (TPSA) is 67.9 Å². The van der Waals surface area contributed by atoms with Crippen LogP contribution in [0, 0.1) is 12.7 Å². The van der Waals surface area contributed by atoms with E-state index in [0.29, 0.717) is 5.69 Å². The average Bonchev–Trinajstić information content (AvgIpc) is 2.38. The zero-order valence-corrected chi connectivity index (χ0v) is 10.5. The van der Waals surface area contributed by atoms with E-state index in [1.54, 1.807) is 6.92 Å². The number of nitrogens with one attached hydrogen (secondary N) is 1. The Kier molecular flexibility index (Phi) is 3.41. The molecule has 5 nitrogen and oxygen atoms in total. The van der Waals surface area contributed by atoms with Gasteiger partial charge in [-0.3, -0.25) is 9.78 Å². The number of nitrogens with zero attached hydrogens (tertiary/aromatic N) is 2. The van der Waals surface area contributed by atoms with Crippen molar-refractivity contribution in [2.75, 3.05) is 7.11 Å². The first-order chi connectivity index (χ1) is 9.04. The maximum atomic E-state index is 13.6. The summed E-state index contributed by atoms with van der Waals surface area (Å²) in [5.74, 6) is -0.188. The van der Waals surface area contributed by atoms with Crippen molar-refractivity contribution in [3.8, 4) is 11.4 Å². The molecular weight excluding hydrogens is 249 g/mol. The molecule has 0 spiro atoms. The number of hydrogen-bond acceptors (Lipinski definition) is 4. The smallest absolute Gasteiger partial charge is 0.262 e. The number of ether oxygens (including phenoxy) is 1. The lowest BCUT2D eigenvalue weighted by Gasteiger charge is -2.08. The Morgan fingerprint density at radius 3 is 2.84 bits per heavy atom. The maximum absolute atomic E-state index is 13.6. The van der Waals surface area contributed by atoms with Crippen molar-refractivity contribution in [2.24, 2.45) is 0 Å². The Morgan fingerprint density at radius 2 is 2.26 bits per heavy atom. The first-order valence-corrected chi connectivity index (χ1v) is 5.48. The second-order valence-corrected chi connectivity index (χ2v) is 3.86. The minimum Gasteiger partial charge on any atom is -0.496 e. The highest BCUT2D eigenvalue weighted by Crippen LogP contribution is 2.19. The quantitative estimate of drug-likeness (QED) is 0.857. The number of rotatable bonds is 3. The molecule has 6 heteroatoms. The molecule has 0 atom stereocenters. The fourth-order valence-corrected chi connectivity index (χ4v) is 1.71. The Balaban J connectivity index is 2.62. The summed E-state index contributed by atoms with van der Waals surface area (Å²) in [6.45, 7) is 5.26. The van der Waals surface area contributed by atoms with Gasteiger partial charge in [-0.1, -0.05) is 6.58 Å². The van der Waals surface area contributed by atoms with Crippen molar-refractivity contribution in [2.45, 2.75) is 6.92 Å². The molecule has 19 heavy (non-hydrogen) atoms. The van der Waals surface area contributed by atoms with E-state index < -0.39 is 11.4 Å². The molecule has 98 valence electrons. The molecule has 2 aromatic heterocycles. The Morgan fingerprint density at radius 1 is 1.53 bits per heavy atom. The second kappa shape index (κ2) is 5.01. The van der Waals surface area contributed by atoms with E-state index >= 15 is 0 Å². The van der Waals surface area contributed by atoms with E-state index in [-0.39, 0.29) is 22.7 Å². The standard InChI is InChI=1S/C13H12FN3O2/c1-7-11(8(2)19-3)13(18)17-12(16-7)9-4-5-15-6-10(9)14/h4-6H,2H2,1,3H3,(H,16,17,18). The number of pyridine rings is 1. The molecular formula is C13H12FN3O2. The van der Waals surface area contributed by atoms with Gasteiger partial charge in [0.1, 0.15) is 17.1 Å². The number of H-pyrrole nitrogens is 1. The number of aromatic nitrogens is 3. The zero-order chi connectivity index (χ0) is 14.0. The third-order valence-electron chi connectivity index (χ3n) is 2.65. The van der Waals surface area contributed by atoms with Gasteiger partial charge in [-0.25, -0.2) is 9.37 Å². The highest BCUT2D eigenvalue weighted by molar-refractivity contribution is 5.61. The molecule has 0 unspecified atom stereocenters. The summed E-state index contributed by atoms with van der Waals surface area (Å²) in [4.78, 5) is 22.3. The molecule has 0 saturated heterocycles. The Labute approximate surface area is 108 Å². The van der Waals surface area contributed by atoms with Crippen LogP contribution in [0.15, 0.2) is 29.8 Å². The van der Waals surface area contributed by atoms with Gasteiger partial charge in [-0.05, 0) is 13.0 Å². The van der Waals surface area contributed by atoms with Crippen LogP contribution in [-0.2, 0) is 4.74 Å². The molecule has 0 saturated carbocycles. The lowest BCUT2D eigenvalue weighted by Crippen LogP contribution is -2.17. The van der Waals surface area contributed by atoms with Crippen LogP contribution in [0.4, 0.5) is 4.39 Å². The van der Waals surface area contributed by atoms with Gasteiger partial charge in [0.2, 0.25) is 0 Å². The number of halogens is 1. The molecule has 0 aromatic carbocycles. The lowest BCUT2D eigenvalue weighted by atomic mass is 10.2. The number of methoxy groups -OCH3 is 1. The third kappa shape index (κ3) is 2.37. The summed E-state index contributed by atoms with van der Waals surface area (Å²) in [6.07, 6.45) is 2.49. The van der Waals surface area contributed by atoms with Gasteiger partial charge >= 0.3 is 0 Å². The molecule has 2 heterocycles. The highest BCUT2D eigenvalue weighted by atomic mass is 19.1. The molecule has 0 bridgehead atoms. The highest BCUT2D eigenvalue weighted by Gasteiger charge is 2.14. The number of aryl methyl sites for hydroxylation is 1. The van der Waals surface area contributed by atoms with E-state index in [0.717, 1.165) is 6.20 Å². The molecule has 2 rings (SSSR count). The molecule has 0 amide bonds. The summed E-state index contributed by atoms with van der Waals surface area (Å²) in [5, 5.41) is 0. The summed E-state index contributed by atoms with van der Waals surface area (Å²) in [5.41, 5.74) is 0.429. The van der Waals surface area contributed by atoms with Crippen molar-refractivity contribution < 1.29 is 9.13 Å². The zero-order valence-electron chi connectivity index (χ0n) is 10.5. The summed E-state index contributed by atoms with van der Waals surface area (Å²) in [6, 6.07) is 1.44. The summed E-state index contributed by atoms with van der Waals surface area (Å²) >= 11 is 0. The average molecular weight is 261 g/mol. The Hall–Kier alpha value is -2.50. The first-order valence-electron chi connectivity index (χ1n) is 5.48. The van der Waals surface area contributed by atoms with Crippen molar-refractivity contribution in [1.29, 1.82) is 0 Å². The monoisotopic (exact) mass is 261 g/mol. The number of hydrogen-bond donors (Lipinski definition) is 1. The molecule has 2 aromatic rings. The minimum atomic E-state index is -0.552. The normalized spacial score (nSPS) is 10.3. The van der Waals surface area contributed by atoms with E-state index in [9.17, 15) is 9.18 Å². The fraction of sp³-hybridized carbons (Fsp3) is 0.154. The summed E-state index contributed by atoms with van der Waals surface area (Å²) in [7, 11) is 1.41. The maximum Gasteiger partial charge on any atom is 0.262 e. The second-order valence-electron chi connectivity index (χ2n) is 3.86. The van der Waals surface area contributed by atoms with Crippen LogP contribution in [0.5, 0.6) is 0 Å². The van der Waals surface area contributed by atoms with Crippen LogP contribution in [0.2, 0.25) is 0 Å². The first kappa shape index (κ1) is 12.9. The fourth-order valence-electron chi connectivity index (χ4n) is 1.71. The van der Waals surface area contributed by atoms with E-state index in [2.05, 4.69) is 21.5 Å². The van der Waals surface area contributed by atoms with Crippen LogP contribution in [-0.4, -0.2) is 22.1 Å². The van der Waals surface area contributed by atoms with E-state index in [1.165, 1.54) is 19.4 Å². The SMILES string of the molecule is C=C(OC)c1c(C)nc(-c2ccncc2F)[nH]c1=O. The number of aromatic amines is 1. The molecule has 0 aliphatic carbocycles. The van der Waals surface area contributed by atoms with Crippen molar-refractivity contribution in [1.82, 2.24) is 15.0 Å². The molecule has 1 N–H and O–H groups in total. The summed E-state index contributed by atoms with van der Waals surface area (Å²) < 4.78 is 18.5. The van der Waals surface area contributed by atoms with Crippen molar-refractivity contribution in [3.05, 3.63) is 52.5 Å². The van der Waals surface area contributed by atoms with Gasteiger partial charge in [-0.15, -0.1) is 0 Å². The van der Waals surface area contributed by atoms with Crippen LogP contribution in [0.3, 0.4) is 0 Å². The van der Waals surface area contributed by atoms with Crippen LogP contribution in [0.1, 0.15) is 11.3 Å². The van der Waals surface area contributed by atoms with Crippen LogP contribution in [0.25, 0.3) is 17.1 Å². The van der Waals surface area contributed by atoms with Gasteiger partial charge in [0.05, 0.1) is 24.6 Å². The molecule has 0 radical (unpaired) electrons. The van der Waals surface area contributed by atoms with Crippen molar-refractivity contribution in [3.63, 3.8) is 0 Å². The van der Waals surface area contributed by atoms with Crippen molar-refractivity contribution >= 4 is 5.76 Å². The molecule has 0 fully saturated rings. The van der Waals surface area contributed by atoms with Gasteiger partial charge in [0.25, 0.3) is 5.56 Å². The Bertz CT molecular complexity index is 695. The van der Waals surface area contributed by atoms with Gasteiger partial charge < -0.3 is 9.72 Å². The predicted molar refractivity (Wildman–Crippen MR) is 68.8 cm³/mol. The van der Waals surface area contributed by atoms with Gasteiger partial charge in [-0.2, -0.15) is 0 Å². The molecule has 0 aliphatic rings.